The zero-order valence-electron chi connectivity index (χ0n) is 21.3. The van der Waals surface area contributed by atoms with Crippen molar-refractivity contribution in [3.63, 3.8) is 0 Å². The molecule has 0 bridgehead atoms. The van der Waals surface area contributed by atoms with Crippen molar-refractivity contribution in [2.75, 3.05) is 20.3 Å². The van der Waals surface area contributed by atoms with Crippen LogP contribution in [0.15, 0.2) is 71.1 Å². The molecule has 0 amide bonds. The molecule has 194 valence electrons. The van der Waals surface area contributed by atoms with E-state index in [9.17, 15) is 14.4 Å². The lowest BCUT2D eigenvalue weighted by Crippen LogP contribution is -2.43. The van der Waals surface area contributed by atoms with Crippen LogP contribution in [0.25, 0.3) is 0 Å². The molecule has 0 spiro atoms. The number of Topliss-reactive ketones (excluding diaryl/α,β-unsaturated/α-hetero) is 1. The van der Waals surface area contributed by atoms with Gasteiger partial charge < -0.3 is 19.5 Å². The van der Waals surface area contributed by atoms with Crippen molar-refractivity contribution in [3.05, 3.63) is 87.2 Å². The number of halogens is 1. The van der Waals surface area contributed by atoms with Gasteiger partial charge in [0.05, 0.1) is 25.9 Å². The standard InChI is InChI=1S/C29H30ClNO6/c1-5-36-28(33)23-16(3)31-21-15-19(17-11-8-10-14-22(17)35-4)25(29(34)37-6-2)27(32)26(21)24(23)18-12-7-9-13-20(18)30/h7-14,19,24-25,31H,5-6,15H2,1-4H3/t19-,24+,25-/m0/s1. The third-order valence-corrected chi connectivity index (χ3v) is 7.15. The van der Waals surface area contributed by atoms with Crippen LogP contribution in [0, 0.1) is 5.92 Å². The van der Waals surface area contributed by atoms with E-state index in [-0.39, 0.29) is 13.2 Å². The van der Waals surface area contributed by atoms with Crippen LogP contribution < -0.4 is 10.1 Å². The van der Waals surface area contributed by atoms with Crippen LogP contribution in [-0.2, 0) is 23.9 Å². The van der Waals surface area contributed by atoms with Crippen molar-refractivity contribution in [2.45, 2.75) is 39.0 Å². The van der Waals surface area contributed by atoms with Gasteiger partial charge in [0.2, 0.25) is 0 Å². The van der Waals surface area contributed by atoms with Gasteiger partial charge in [0.1, 0.15) is 11.7 Å². The van der Waals surface area contributed by atoms with Crippen LogP contribution >= 0.6 is 11.6 Å². The second-order valence-corrected chi connectivity index (χ2v) is 9.28. The highest BCUT2D eigenvalue weighted by Gasteiger charge is 2.49. The molecule has 4 rings (SSSR count). The highest BCUT2D eigenvalue weighted by molar-refractivity contribution is 6.31. The molecular weight excluding hydrogens is 494 g/mol. The lowest BCUT2D eigenvalue weighted by molar-refractivity contribution is -0.152. The van der Waals surface area contributed by atoms with Crippen molar-refractivity contribution in [2.24, 2.45) is 5.92 Å². The Labute approximate surface area is 221 Å². The normalized spacial score (nSPS) is 21.2. The Kier molecular flexibility index (Phi) is 8.03. The number of esters is 2. The lowest BCUT2D eigenvalue weighted by Gasteiger charge is -2.39. The second-order valence-electron chi connectivity index (χ2n) is 8.88. The molecule has 1 aliphatic carbocycles. The number of dihydropyridines is 1. The molecule has 8 heteroatoms. The molecule has 2 aliphatic rings. The number of rotatable bonds is 7. The molecule has 1 heterocycles. The van der Waals surface area contributed by atoms with Gasteiger partial charge in [-0.1, -0.05) is 48.0 Å². The fourth-order valence-corrected chi connectivity index (χ4v) is 5.55. The predicted octanol–water partition coefficient (Wildman–Crippen LogP) is 5.06. The minimum atomic E-state index is -1.12. The van der Waals surface area contributed by atoms with Gasteiger partial charge in [0.15, 0.2) is 5.78 Å². The van der Waals surface area contributed by atoms with Crippen LogP contribution in [0.5, 0.6) is 5.75 Å². The number of ketones is 1. The van der Waals surface area contributed by atoms with Crippen LogP contribution in [0.1, 0.15) is 50.2 Å². The van der Waals surface area contributed by atoms with E-state index >= 15 is 0 Å². The third-order valence-electron chi connectivity index (χ3n) is 6.81. The maximum Gasteiger partial charge on any atom is 0.336 e. The Balaban J connectivity index is 1.94. The minimum Gasteiger partial charge on any atom is -0.496 e. The third kappa shape index (κ3) is 4.88. The summed E-state index contributed by atoms with van der Waals surface area (Å²) in [5.74, 6) is -3.44. The van der Waals surface area contributed by atoms with E-state index < -0.39 is 35.5 Å². The molecule has 2 aromatic carbocycles. The first-order chi connectivity index (χ1) is 17.8. The molecular formula is C29H30ClNO6. The molecule has 1 N–H and O–H groups in total. The smallest absolute Gasteiger partial charge is 0.336 e. The SMILES string of the molecule is CCOC(=O)C1=C(C)NC2=C(C(=O)[C@@H](C(=O)OCC)[C@H](c3ccccc3OC)C2)[C@@H]1c1ccccc1Cl. The first kappa shape index (κ1) is 26.5. The Bertz CT molecular complexity index is 1300. The largest absolute Gasteiger partial charge is 0.496 e. The quantitative estimate of drug-likeness (QED) is 0.400. The first-order valence-corrected chi connectivity index (χ1v) is 12.7. The van der Waals surface area contributed by atoms with Gasteiger partial charge >= 0.3 is 11.9 Å². The van der Waals surface area contributed by atoms with Gasteiger partial charge in [-0.25, -0.2) is 4.79 Å². The zero-order chi connectivity index (χ0) is 26.7. The average Bonchev–Trinajstić information content (AvgIpc) is 2.88. The summed E-state index contributed by atoms with van der Waals surface area (Å²) in [5, 5.41) is 3.69. The number of carbonyl (C=O) groups is 3. The molecule has 0 fully saturated rings. The number of benzene rings is 2. The monoisotopic (exact) mass is 523 g/mol. The van der Waals surface area contributed by atoms with Crippen molar-refractivity contribution in [1.82, 2.24) is 5.32 Å². The summed E-state index contributed by atoms with van der Waals surface area (Å²) < 4.78 is 16.3. The fraction of sp³-hybridized carbons (Fsp3) is 0.345. The number of nitrogens with one attached hydrogen (secondary N) is 1. The number of hydrogen-bond donors (Lipinski definition) is 1. The van der Waals surface area contributed by atoms with Gasteiger partial charge in [-0.2, -0.15) is 0 Å². The number of hydrogen-bond acceptors (Lipinski definition) is 7. The van der Waals surface area contributed by atoms with E-state index in [4.69, 9.17) is 25.8 Å². The van der Waals surface area contributed by atoms with E-state index in [1.807, 2.05) is 18.2 Å². The highest BCUT2D eigenvalue weighted by Crippen LogP contribution is 2.50. The zero-order valence-corrected chi connectivity index (χ0v) is 22.1. The molecule has 37 heavy (non-hydrogen) atoms. The van der Waals surface area contributed by atoms with Crippen molar-refractivity contribution in [3.8, 4) is 5.75 Å². The molecule has 3 atom stereocenters. The van der Waals surface area contributed by atoms with E-state index in [1.54, 1.807) is 58.2 Å². The minimum absolute atomic E-state index is 0.131. The van der Waals surface area contributed by atoms with E-state index in [0.717, 1.165) is 5.56 Å². The summed E-state index contributed by atoms with van der Waals surface area (Å²) in [6.07, 6.45) is 0.333. The molecule has 7 nitrogen and oxygen atoms in total. The summed E-state index contributed by atoms with van der Waals surface area (Å²) >= 11 is 6.61. The van der Waals surface area contributed by atoms with E-state index in [2.05, 4.69) is 5.32 Å². The molecule has 0 unspecified atom stereocenters. The molecule has 1 aliphatic heterocycles. The Morgan fingerprint density at radius 2 is 1.65 bits per heavy atom. The van der Waals surface area contributed by atoms with E-state index in [1.165, 1.54) is 0 Å². The number of para-hydroxylation sites is 1. The topological polar surface area (TPSA) is 90.9 Å². The average molecular weight is 524 g/mol. The molecule has 0 aromatic heterocycles. The summed E-state index contributed by atoms with van der Waals surface area (Å²) in [6, 6.07) is 14.4. The van der Waals surface area contributed by atoms with Gasteiger partial charge in [0, 0.05) is 33.8 Å². The van der Waals surface area contributed by atoms with Crippen molar-refractivity contribution >= 4 is 29.3 Å². The lowest BCUT2D eigenvalue weighted by atomic mass is 9.67. The van der Waals surface area contributed by atoms with Crippen LogP contribution in [-0.4, -0.2) is 38.0 Å². The van der Waals surface area contributed by atoms with Gasteiger partial charge in [-0.3, -0.25) is 9.59 Å². The Morgan fingerprint density at radius 3 is 2.30 bits per heavy atom. The van der Waals surface area contributed by atoms with Crippen LogP contribution in [0.2, 0.25) is 5.02 Å². The van der Waals surface area contributed by atoms with Crippen LogP contribution in [0.4, 0.5) is 0 Å². The summed E-state index contributed by atoms with van der Waals surface area (Å²) in [6.45, 7) is 5.51. The maximum absolute atomic E-state index is 14.3. The number of allylic oxidation sites excluding steroid dienone is 3. The summed E-state index contributed by atoms with van der Waals surface area (Å²) in [5.41, 5.74) is 3.15. The van der Waals surface area contributed by atoms with Crippen LogP contribution in [0.3, 0.4) is 0 Å². The number of carbonyl (C=O) groups excluding carboxylic acids is 3. The summed E-state index contributed by atoms with van der Waals surface area (Å²) in [7, 11) is 1.55. The highest BCUT2D eigenvalue weighted by atomic mass is 35.5. The van der Waals surface area contributed by atoms with Gasteiger partial charge in [-0.15, -0.1) is 0 Å². The molecule has 0 saturated heterocycles. The number of ether oxygens (including phenoxy) is 3. The molecule has 0 saturated carbocycles. The van der Waals surface area contributed by atoms with E-state index in [0.29, 0.717) is 45.3 Å². The molecule has 2 aromatic rings. The predicted molar refractivity (Wildman–Crippen MR) is 139 cm³/mol. The second kappa shape index (κ2) is 11.2. The fourth-order valence-electron chi connectivity index (χ4n) is 5.30. The van der Waals surface area contributed by atoms with Crippen molar-refractivity contribution < 1.29 is 28.6 Å². The first-order valence-electron chi connectivity index (χ1n) is 12.3. The molecule has 0 radical (unpaired) electrons. The van der Waals surface area contributed by atoms with Gasteiger partial charge in [-0.05, 0) is 50.5 Å². The number of methoxy groups -OCH3 is 1. The Hall–Kier alpha value is -3.58. The maximum atomic E-state index is 14.3. The van der Waals surface area contributed by atoms with Gasteiger partial charge in [0.25, 0.3) is 0 Å². The van der Waals surface area contributed by atoms with Crippen molar-refractivity contribution in [1.29, 1.82) is 0 Å². The Morgan fingerprint density at radius 1 is 1.00 bits per heavy atom. The summed E-state index contributed by atoms with van der Waals surface area (Å²) in [4.78, 5) is 40.8.